The Morgan fingerprint density at radius 1 is 1.03 bits per heavy atom. The number of hydrogen-bond donors (Lipinski definition) is 1. The number of aryl methyl sites for hydroxylation is 1. The highest BCUT2D eigenvalue weighted by Gasteiger charge is 2.18. The molecule has 1 N–H and O–H groups in total. The molecule has 0 fully saturated rings. The summed E-state index contributed by atoms with van der Waals surface area (Å²) in [6, 6.07) is 14.1. The molecule has 1 heterocycles. The van der Waals surface area contributed by atoms with Crippen LogP contribution in [-0.2, 0) is 24.2 Å². The molecule has 0 unspecified atom stereocenters. The highest BCUT2D eigenvalue weighted by atomic mass is 19.1. The molecule has 0 aliphatic rings. The number of carbonyl (C=O) groups is 1. The molecule has 0 saturated carbocycles. The van der Waals surface area contributed by atoms with Crippen LogP contribution in [0.3, 0.4) is 0 Å². The molecule has 0 bridgehead atoms. The summed E-state index contributed by atoms with van der Waals surface area (Å²) in [6.45, 7) is 6.67. The Hall–Kier alpha value is -3.41. The number of halogens is 1. The molecule has 0 amide bonds. The largest absolute Gasteiger partial charge is 0.497 e. The van der Waals surface area contributed by atoms with Crippen molar-refractivity contribution in [3.8, 4) is 22.6 Å². The minimum absolute atomic E-state index is 0.0112. The first-order valence-electron chi connectivity index (χ1n) is 10.9. The van der Waals surface area contributed by atoms with Crippen molar-refractivity contribution in [3.63, 3.8) is 0 Å². The second kappa shape index (κ2) is 10.5. The lowest BCUT2D eigenvalue weighted by Crippen LogP contribution is -2.11. The molecule has 0 aliphatic carbocycles. The van der Waals surface area contributed by atoms with Crippen molar-refractivity contribution in [2.75, 3.05) is 7.11 Å². The van der Waals surface area contributed by atoms with Crippen molar-refractivity contribution in [2.45, 2.75) is 46.6 Å². The minimum Gasteiger partial charge on any atom is -0.497 e. The van der Waals surface area contributed by atoms with Crippen LogP contribution in [0, 0.1) is 11.2 Å². The number of rotatable bonds is 9. The van der Waals surface area contributed by atoms with E-state index in [1.54, 1.807) is 25.4 Å². The monoisotopic (exact) mass is 451 g/mol. The highest BCUT2D eigenvalue weighted by molar-refractivity contribution is 5.70. The molecule has 5 nitrogen and oxygen atoms in total. The Morgan fingerprint density at radius 3 is 2.48 bits per heavy atom. The van der Waals surface area contributed by atoms with E-state index in [0.717, 1.165) is 28.8 Å². The molecule has 0 atom stereocenters. The highest BCUT2D eigenvalue weighted by Crippen LogP contribution is 2.35. The summed E-state index contributed by atoms with van der Waals surface area (Å²) in [7, 11) is 1.56. The normalized spacial score (nSPS) is 11.3. The van der Waals surface area contributed by atoms with Crippen molar-refractivity contribution in [2.24, 2.45) is 5.41 Å². The van der Waals surface area contributed by atoms with Crippen LogP contribution < -0.4 is 9.47 Å². The van der Waals surface area contributed by atoms with Gasteiger partial charge in [0.2, 0.25) is 0 Å². The molecule has 33 heavy (non-hydrogen) atoms. The Bertz CT molecular complexity index is 1120. The number of benzene rings is 2. The summed E-state index contributed by atoms with van der Waals surface area (Å²) in [5, 5.41) is 8.88. The number of pyridine rings is 1. The quantitative estimate of drug-likeness (QED) is 0.427. The SMILES string of the molecule is COc1ccc(F)c(-c2ccc(OCc3cc(CCC(=O)O)ccn3)cc2CC(C)(C)C)c1. The Labute approximate surface area is 194 Å². The zero-order chi connectivity index (χ0) is 24.0. The number of hydrogen-bond acceptors (Lipinski definition) is 4. The van der Waals surface area contributed by atoms with Crippen LogP contribution >= 0.6 is 0 Å². The first-order chi connectivity index (χ1) is 15.6. The number of carboxylic acid groups (broad SMARTS) is 1. The summed E-state index contributed by atoms with van der Waals surface area (Å²) >= 11 is 0. The Kier molecular flexibility index (Phi) is 7.69. The van der Waals surface area contributed by atoms with E-state index in [4.69, 9.17) is 14.6 Å². The van der Waals surface area contributed by atoms with E-state index in [1.165, 1.54) is 6.07 Å². The predicted octanol–water partition coefficient (Wildman–Crippen LogP) is 6.08. The van der Waals surface area contributed by atoms with Crippen molar-refractivity contribution in [1.82, 2.24) is 4.98 Å². The predicted molar refractivity (Wildman–Crippen MR) is 126 cm³/mol. The van der Waals surface area contributed by atoms with E-state index in [0.29, 0.717) is 23.5 Å². The van der Waals surface area contributed by atoms with Crippen molar-refractivity contribution in [3.05, 3.63) is 77.4 Å². The van der Waals surface area contributed by atoms with Gasteiger partial charge < -0.3 is 14.6 Å². The molecular formula is C27H30FNO4. The van der Waals surface area contributed by atoms with Crippen LogP contribution in [0.15, 0.2) is 54.7 Å². The third-order valence-corrected chi connectivity index (χ3v) is 5.16. The van der Waals surface area contributed by atoms with Crippen LogP contribution in [0.1, 0.15) is 44.0 Å². The molecule has 0 aliphatic heterocycles. The van der Waals surface area contributed by atoms with Gasteiger partial charge in [-0.3, -0.25) is 9.78 Å². The van der Waals surface area contributed by atoms with Gasteiger partial charge in [0.1, 0.15) is 23.9 Å². The average molecular weight is 452 g/mol. The zero-order valence-electron chi connectivity index (χ0n) is 19.5. The lowest BCUT2D eigenvalue weighted by molar-refractivity contribution is -0.136. The molecule has 3 rings (SSSR count). The maximum Gasteiger partial charge on any atom is 0.303 e. The molecule has 0 radical (unpaired) electrons. The van der Waals surface area contributed by atoms with Gasteiger partial charge >= 0.3 is 5.97 Å². The standard InChI is InChI=1S/C27H30FNO4/c1-27(2,3)16-19-14-22(6-8-23(19)24-15-21(32-4)7-9-25(24)28)33-17-20-13-18(11-12-29-20)5-10-26(30)31/h6-9,11-15H,5,10,16-17H2,1-4H3,(H,30,31). The van der Waals surface area contributed by atoms with Gasteiger partial charge in [-0.15, -0.1) is 0 Å². The summed E-state index contributed by atoms with van der Waals surface area (Å²) in [4.78, 5) is 15.1. The van der Waals surface area contributed by atoms with Gasteiger partial charge in [-0.05, 0) is 77.4 Å². The average Bonchev–Trinajstić information content (AvgIpc) is 2.76. The Balaban J connectivity index is 1.85. The molecule has 0 saturated heterocycles. The third kappa shape index (κ3) is 7.04. The van der Waals surface area contributed by atoms with E-state index in [2.05, 4.69) is 25.8 Å². The van der Waals surface area contributed by atoms with Gasteiger partial charge in [0.05, 0.1) is 12.8 Å². The molecule has 2 aromatic carbocycles. The molecule has 0 spiro atoms. The van der Waals surface area contributed by atoms with Gasteiger partial charge in [-0.1, -0.05) is 26.8 Å². The molecular weight excluding hydrogens is 421 g/mol. The second-order valence-corrected chi connectivity index (χ2v) is 9.24. The third-order valence-electron chi connectivity index (χ3n) is 5.16. The van der Waals surface area contributed by atoms with Crippen LogP contribution in [0.25, 0.3) is 11.1 Å². The summed E-state index contributed by atoms with van der Waals surface area (Å²) in [5.41, 5.74) is 3.90. The fourth-order valence-electron chi connectivity index (χ4n) is 3.65. The zero-order valence-corrected chi connectivity index (χ0v) is 19.5. The van der Waals surface area contributed by atoms with Crippen LogP contribution in [0.2, 0.25) is 0 Å². The fraction of sp³-hybridized carbons (Fsp3) is 0.333. The van der Waals surface area contributed by atoms with Gasteiger partial charge in [-0.2, -0.15) is 0 Å². The molecule has 3 aromatic rings. The number of aliphatic carboxylic acids is 1. The van der Waals surface area contributed by atoms with Gasteiger partial charge in [0.15, 0.2) is 0 Å². The van der Waals surface area contributed by atoms with Crippen LogP contribution in [-0.4, -0.2) is 23.2 Å². The second-order valence-electron chi connectivity index (χ2n) is 9.24. The van der Waals surface area contributed by atoms with E-state index in [1.807, 2.05) is 30.3 Å². The minimum atomic E-state index is -0.830. The van der Waals surface area contributed by atoms with Gasteiger partial charge in [0.25, 0.3) is 0 Å². The first-order valence-corrected chi connectivity index (χ1v) is 10.9. The first kappa shape index (κ1) is 24.2. The number of aromatic nitrogens is 1. The van der Waals surface area contributed by atoms with E-state index in [-0.39, 0.29) is 24.3 Å². The van der Waals surface area contributed by atoms with Crippen LogP contribution in [0.5, 0.6) is 11.5 Å². The summed E-state index contributed by atoms with van der Waals surface area (Å²) < 4.78 is 26.0. The Morgan fingerprint density at radius 2 is 1.79 bits per heavy atom. The maximum atomic E-state index is 14.7. The number of ether oxygens (including phenoxy) is 2. The molecule has 174 valence electrons. The lowest BCUT2D eigenvalue weighted by Gasteiger charge is -2.22. The van der Waals surface area contributed by atoms with Crippen LogP contribution in [0.4, 0.5) is 4.39 Å². The lowest BCUT2D eigenvalue weighted by atomic mass is 9.84. The molecule has 1 aromatic heterocycles. The molecule has 6 heteroatoms. The number of methoxy groups -OCH3 is 1. The van der Waals surface area contributed by atoms with Gasteiger partial charge in [0, 0.05) is 18.2 Å². The summed E-state index contributed by atoms with van der Waals surface area (Å²) in [6.07, 6.45) is 2.92. The van der Waals surface area contributed by atoms with Gasteiger partial charge in [-0.25, -0.2) is 4.39 Å². The number of carboxylic acids is 1. The fourth-order valence-corrected chi connectivity index (χ4v) is 3.65. The summed E-state index contributed by atoms with van der Waals surface area (Å²) in [5.74, 6) is 0.131. The van der Waals surface area contributed by atoms with E-state index < -0.39 is 5.97 Å². The van der Waals surface area contributed by atoms with Crippen molar-refractivity contribution < 1.29 is 23.8 Å². The maximum absolute atomic E-state index is 14.7. The number of nitrogens with zero attached hydrogens (tertiary/aromatic N) is 1. The van der Waals surface area contributed by atoms with Crippen molar-refractivity contribution >= 4 is 5.97 Å². The van der Waals surface area contributed by atoms with E-state index in [9.17, 15) is 9.18 Å². The smallest absolute Gasteiger partial charge is 0.303 e. The topological polar surface area (TPSA) is 68.7 Å². The van der Waals surface area contributed by atoms with Crippen molar-refractivity contribution in [1.29, 1.82) is 0 Å². The van der Waals surface area contributed by atoms with E-state index >= 15 is 0 Å².